The van der Waals surface area contributed by atoms with Crippen LogP contribution in [0.15, 0.2) is 76.1 Å². The Kier molecular flexibility index (Phi) is 4.72. The molecule has 8 heteroatoms. The van der Waals surface area contributed by atoms with Crippen LogP contribution in [-0.4, -0.2) is 11.1 Å². The number of furan rings is 1. The van der Waals surface area contributed by atoms with Gasteiger partial charge in [-0.3, -0.25) is 4.79 Å². The lowest BCUT2D eigenvalue weighted by atomic mass is 10.1. The lowest BCUT2D eigenvalue weighted by molar-refractivity contribution is -0.137. The number of para-hydroxylation sites is 1. The Morgan fingerprint density at radius 3 is 2.54 bits per heavy atom. The second-order valence-corrected chi connectivity index (χ2v) is 7.11. The van der Waals surface area contributed by atoms with E-state index < -0.39 is 17.0 Å². The van der Waals surface area contributed by atoms with Gasteiger partial charge in [0.1, 0.15) is 16.8 Å². The van der Waals surface area contributed by atoms with E-state index in [1.165, 1.54) is 23.9 Å². The highest BCUT2D eigenvalue weighted by molar-refractivity contribution is 8.15. The second-order valence-electron chi connectivity index (χ2n) is 6.02. The SMILES string of the molecule is O=C1NC(=Nc2ccccc2)S[C@H]1c1ccc(-c2cccc(C(F)(F)F)c2)o1. The van der Waals surface area contributed by atoms with Gasteiger partial charge >= 0.3 is 6.18 Å². The maximum Gasteiger partial charge on any atom is 0.416 e. The highest BCUT2D eigenvalue weighted by Crippen LogP contribution is 2.38. The molecule has 1 saturated heterocycles. The summed E-state index contributed by atoms with van der Waals surface area (Å²) in [7, 11) is 0. The van der Waals surface area contributed by atoms with E-state index in [2.05, 4.69) is 10.3 Å². The number of hydrogen-bond acceptors (Lipinski definition) is 4. The average Bonchev–Trinajstić information content (AvgIpc) is 3.29. The van der Waals surface area contributed by atoms with Crippen molar-refractivity contribution in [2.24, 2.45) is 4.99 Å². The first-order chi connectivity index (χ1) is 13.4. The van der Waals surface area contributed by atoms with E-state index in [1.807, 2.05) is 30.3 Å². The smallest absolute Gasteiger partial charge is 0.416 e. The molecule has 0 bridgehead atoms. The van der Waals surface area contributed by atoms with E-state index in [0.29, 0.717) is 22.2 Å². The van der Waals surface area contributed by atoms with Crippen molar-refractivity contribution < 1.29 is 22.4 Å². The van der Waals surface area contributed by atoms with Crippen LogP contribution >= 0.6 is 11.8 Å². The van der Waals surface area contributed by atoms with Crippen molar-refractivity contribution in [1.82, 2.24) is 5.32 Å². The van der Waals surface area contributed by atoms with E-state index in [4.69, 9.17) is 4.42 Å². The minimum absolute atomic E-state index is 0.267. The molecule has 1 amide bonds. The van der Waals surface area contributed by atoms with Crippen LogP contribution < -0.4 is 5.32 Å². The van der Waals surface area contributed by atoms with Crippen LogP contribution in [0.3, 0.4) is 0 Å². The summed E-state index contributed by atoms with van der Waals surface area (Å²) in [5.41, 5.74) is 0.242. The van der Waals surface area contributed by atoms with Crippen molar-refractivity contribution in [2.75, 3.05) is 0 Å². The molecule has 0 spiro atoms. The summed E-state index contributed by atoms with van der Waals surface area (Å²) in [6, 6.07) is 17.2. The average molecular weight is 402 g/mol. The van der Waals surface area contributed by atoms with Gasteiger partial charge in [-0.2, -0.15) is 13.2 Å². The van der Waals surface area contributed by atoms with Gasteiger partial charge in [0, 0.05) is 5.56 Å². The third kappa shape index (κ3) is 3.82. The van der Waals surface area contributed by atoms with Crippen molar-refractivity contribution >= 4 is 28.5 Å². The number of benzene rings is 2. The third-order valence-electron chi connectivity index (χ3n) is 4.04. The summed E-state index contributed by atoms with van der Waals surface area (Å²) in [4.78, 5) is 16.7. The molecule has 1 aromatic heterocycles. The number of nitrogens with zero attached hydrogens (tertiary/aromatic N) is 1. The van der Waals surface area contributed by atoms with Gasteiger partial charge in [0.25, 0.3) is 0 Å². The maximum atomic E-state index is 12.9. The van der Waals surface area contributed by atoms with E-state index >= 15 is 0 Å². The Labute approximate surface area is 162 Å². The predicted molar refractivity (Wildman–Crippen MR) is 101 cm³/mol. The molecule has 28 heavy (non-hydrogen) atoms. The Balaban J connectivity index is 1.57. The standard InChI is InChI=1S/C20H13F3N2O2S/c21-20(22,23)13-6-4-5-12(11-13)15-9-10-16(27-15)17-18(26)25-19(28-17)24-14-7-2-1-3-8-14/h1-11,17H,(H,24,25,26)/t17-/m0/s1. The minimum Gasteiger partial charge on any atom is -0.459 e. The molecule has 0 radical (unpaired) electrons. The Morgan fingerprint density at radius 2 is 1.79 bits per heavy atom. The molecule has 1 fully saturated rings. The van der Waals surface area contributed by atoms with Crippen molar-refractivity contribution in [3.8, 4) is 11.3 Å². The number of carbonyl (C=O) groups is 1. The maximum absolute atomic E-state index is 12.9. The summed E-state index contributed by atoms with van der Waals surface area (Å²) in [5, 5.41) is 2.49. The molecule has 3 aromatic rings. The van der Waals surface area contributed by atoms with Crippen molar-refractivity contribution in [2.45, 2.75) is 11.4 Å². The van der Waals surface area contributed by atoms with Crippen LogP contribution in [0.4, 0.5) is 18.9 Å². The van der Waals surface area contributed by atoms with Gasteiger partial charge in [-0.15, -0.1) is 0 Å². The Hall–Kier alpha value is -3.00. The van der Waals surface area contributed by atoms with Gasteiger partial charge in [-0.1, -0.05) is 42.1 Å². The zero-order valence-electron chi connectivity index (χ0n) is 14.2. The fraction of sp³-hybridized carbons (Fsp3) is 0.100. The third-order valence-corrected chi connectivity index (χ3v) is 5.14. The number of nitrogens with one attached hydrogen (secondary N) is 1. The van der Waals surface area contributed by atoms with Gasteiger partial charge in [0.2, 0.25) is 5.91 Å². The van der Waals surface area contributed by atoms with Crippen molar-refractivity contribution in [3.05, 3.63) is 78.1 Å². The number of aliphatic imine (C=N–C) groups is 1. The normalized spacial score (nSPS) is 18.5. The molecule has 142 valence electrons. The molecule has 2 aromatic carbocycles. The van der Waals surface area contributed by atoms with Crippen LogP contribution in [0, 0.1) is 0 Å². The number of amides is 1. The molecule has 1 aliphatic heterocycles. The monoisotopic (exact) mass is 402 g/mol. The molecule has 2 heterocycles. The van der Waals surface area contributed by atoms with Gasteiger partial charge in [0.05, 0.1) is 11.3 Å². The topological polar surface area (TPSA) is 54.6 Å². The molecular formula is C20H13F3N2O2S. The molecule has 4 nitrogen and oxygen atoms in total. The van der Waals surface area contributed by atoms with Crippen LogP contribution in [0.1, 0.15) is 16.6 Å². The first-order valence-corrected chi connectivity index (χ1v) is 9.17. The van der Waals surface area contributed by atoms with Gasteiger partial charge < -0.3 is 9.73 Å². The molecular weight excluding hydrogens is 389 g/mol. The van der Waals surface area contributed by atoms with E-state index in [1.54, 1.807) is 12.1 Å². The summed E-state index contributed by atoms with van der Waals surface area (Å²) in [6.45, 7) is 0. The molecule has 1 N–H and O–H groups in total. The van der Waals surface area contributed by atoms with Crippen molar-refractivity contribution in [1.29, 1.82) is 0 Å². The second kappa shape index (κ2) is 7.20. The van der Waals surface area contributed by atoms with Crippen molar-refractivity contribution in [3.63, 3.8) is 0 Å². The minimum atomic E-state index is -4.44. The molecule has 0 unspecified atom stereocenters. The molecule has 1 aliphatic rings. The summed E-state index contributed by atoms with van der Waals surface area (Å²) in [6.07, 6.45) is -4.44. The van der Waals surface area contributed by atoms with Gasteiger partial charge in [-0.25, -0.2) is 4.99 Å². The quantitative estimate of drug-likeness (QED) is 0.624. The number of thioether (sulfide) groups is 1. The molecule has 0 aliphatic carbocycles. The number of carbonyl (C=O) groups excluding carboxylic acids is 1. The van der Waals surface area contributed by atoms with E-state index in [9.17, 15) is 18.0 Å². The fourth-order valence-electron chi connectivity index (χ4n) is 2.72. The summed E-state index contributed by atoms with van der Waals surface area (Å²) >= 11 is 1.20. The van der Waals surface area contributed by atoms with Crippen LogP contribution in [-0.2, 0) is 11.0 Å². The number of halogens is 3. The first-order valence-electron chi connectivity index (χ1n) is 8.29. The first kappa shape index (κ1) is 18.4. The largest absolute Gasteiger partial charge is 0.459 e. The Morgan fingerprint density at radius 1 is 1.00 bits per heavy atom. The van der Waals surface area contributed by atoms with Gasteiger partial charge in [0.15, 0.2) is 5.17 Å². The lowest BCUT2D eigenvalue weighted by Gasteiger charge is -2.07. The number of rotatable bonds is 3. The molecule has 4 rings (SSSR count). The highest BCUT2D eigenvalue weighted by Gasteiger charge is 2.34. The van der Waals surface area contributed by atoms with Crippen LogP contribution in [0.25, 0.3) is 11.3 Å². The van der Waals surface area contributed by atoms with E-state index in [0.717, 1.165) is 12.1 Å². The zero-order valence-corrected chi connectivity index (χ0v) is 15.1. The number of amidine groups is 1. The Bertz CT molecular complexity index is 1040. The number of alkyl halides is 3. The molecule has 0 saturated carbocycles. The fourth-order valence-corrected chi connectivity index (χ4v) is 3.67. The summed E-state index contributed by atoms with van der Waals surface area (Å²) < 4.78 is 44.4. The highest BCUT2D eigenvalue weighted by atomic mass is 32.2. The van der Waals surface area contributed by atoms with E-state index in [-0.39, 0.29) is 11.7 Å². The van der Waals surface area contributed by atoms with Crippen LogP contribution in [0.5, 0.6) is 0 Å². The van der Waals surface area contributed by atoms with Gasteiger partial charge in [-0.05, 0) is 36.4 Å². The zero-order chi connectivity index (χ0) is 19.7. The predicted octanol–water partition coefficient (Wildman–Crippen LogP) is 5.56. The molecule has 1 atom stereocenters. The lowest BCUT2D eigenvalue weighted by Crippen LogP contribution is -2.21. The van der Waals surface area contributed by atoms with Crippen LogP contribution in [0.2, 0.25) is 0 Å². The summed E-state index contributed by atoms with van der Waals surface area (Å²) in [5.74, 6) is 0.334. The number of hydrogen-bond donors (Lipinski definition) is 1.